The third-order valence-corrected chi connectivity index (χ3v) is 11.0. The Morgan fingerprint density at radius 3 is 2.34 bits per heavy atom. The lowest BCUT2D eigenvalue weighted by atomic mass is 9.84. The highest BCUT2D eigenvalue weighted by Crippen LogP contribution is 2.42. The fourth-order valence-electron chi connectivity index (χ4n) is 6.96. The fourth-order valence-corrected chi connectivity index (χ4v) is 7.55. The summed E-state index contributed by atoms with van der Waals surface area (Å²) in [4.78, 5) is 52.5. The van der Waals surface area contributed by atoms with Crippen LogP contribution in [-0.2, 0) is 27.2 Å². The van der Waals surface area contributed by atoms with Crippen molar-refractivity contribution in [3.8, 4) is 5.75 Å². The number of piperazine rings is 1. The molecular weight excluding hydrogens is 786 g/mol. The van der Waals surface area contributed by atoms with E-state index in [1.807, 2.05) is 6.07 Å². The van der Waals surface area contributed by atoms with Gasteiger partial charge in [-0.25, -0.2) is 19.0 Å². The minimum Gasteiger partial charge on any atom is -0.489 e. The van der Waals surface area contributed by atoms with Gasteiger partial charge in [-0.05, 0) is 97.4 Å². The van der Waals surface area contributed by atoms with Crippen molar-refractivity contribution in [2.75, 3.05) is 19.7 Å². The molecule has 3 aromatic rings. The highest BCUT2D eigenvalue weighted by atomic mass is 35.5. The molecule has 2 unspecified atom stereocenters. The van der Waals surface area contributed by atoms with E-state index in [-0.39, 0.29) is 66.8 Å². The monoisotopic (exact) mass is 832 g/mol. The second-order valence-electron chi connectivity index (χ2n) is 16.5. The van der Waals surface area contributed by atoms with Gasteiger partial charge in [0, 0.05) is 37.7 Å². The van der Waals surface area contributed by atoms with Crippen LogP contribution in [0.15, 0.2) is 46.6 Å². The van der Waals surface area contributed by atoms with Crippen LogP contribution in [0.5, 0.6) is 5.75 Å². The highest BCUT2D eigenvalue weighted by Gasteiger charge is 2.51. The summed E-state index contributed by atoms with van der Waals surface area (Å²) in [5.74, 6) is -0.645. The Hall–Kier alpha value is -4.00. The van der Waals surface area contributed by atoms with Crippen molar-refractivity contribution in [1.82, 2.24) is 19.7 Å². The number of fused-ring (bicyclic) bond motifs is 2. The Labute approximate surface area is 342 Å². The zero-order valence-electron chi connectivity index (χ0n) is 32.7. The van der Waals surface area contributed by atoms with E-state index < -0.39 is 41.3 Å². The lowest BCUT2D eigenvalue weighted by Gasteiger charge is -2.50. The van der Waals surface area contributed by atoms with Gasteiger partial charge in [0.05, 0.1) is 45.0 Å². The number of carbonyl (C=O) groups excluding carboxylic acids is 3. The highest BCUT2D eigenvalue weighted by molar-refractivity contribution is 6.42. The van der Waals surface area contributed by atoms with E-state index >= 15 is 4.79 Å². The van der Waals surface area contributed by atoms with Crippen molar-refractivity contribution in [2.45, 2.75) is 116 Å². The molecule has 56 heavy (non-hydrogen) atoms. The molecule has 2 aromatic carbocycles. The van der Waals surface area contributed by atoms with Gasteiger partial charge in [0.1, 0.15) is 17.5 Å². The molecule has 2 aliphatic heterocycles. The standard InChI is InChI=1S/C41H48Cl3FN4O7/c1-23-13-16-30(45)35(33(23)43)53-17-9-11-25-22-54-36(46-25)28-18-27-20-47(38(51)55-40(2,3)4)21-31(49(27)39(52)56-41(5,6)7)32(28)37(50)48(26-14-15-26)19-24-10-8-12-29(42)34(24)44/h8,10,12-13,16,22,26-27,31H,9,11,14-15,17-21H2,1-7H3. The van der Waals surface area contributed by atoms with E-state index in [2.05, 4.69) is 0 Å². The molecule has 0 radical (unpaired) electrons. The summed E-state index contributed by atoms with van der Waals surface area (Å²) < 4.78 is 37.9. The molecule has 2 bridgehead atoms. The zero-order valence-corrected chi connectivity index (χ0v) is 35.0. The normalized spacial score (nSPS) is 18.6. The SMILES string of the molecule is Cc1ccc(F)c(OCCCc2coc(C3=C(C(=O)N(Cc4cccc(Cl)c4Cl)C4CC4)C4CN(C(=O)OC(C)(C)C)CC(C3)N4C(=O)OC(C)(C)C)n2)c1Cl. The Kier molecular flexibility index (Phi) is 12.2. The Bertz CT molecular complexity index is 2020. The summed E-state index contributed by atoms with van der Waals surface area (Å²) in [5, 5.41) is 0.946. The number of benzene rings is 2. The first-order valence-corrected chi connectivity index (χ1v) is 19.9. The molecule has 2 fully saturated rings. The molecule has 15 heteroatoms. The van der Waals surface area contributed by atoms with Crippen LogP contribution < -0.4 is 4.74 Å². The average molecular weight is 834 g/mol. The molecule has 0 N–H and O–H groups in total. The van der Waals surface area contributed by atoms with Crippen LogP contribution in [0, 0.1) is 12.7 Å². The summed E-state index contributed by atoms with van der Waals surface area (Å²) in [7, 11) is 0. The first kappa shape index (κ1) is 41.6. The summed E-state index contributed by atoms with van der Waals surface area (Å²) in [6.45, 7) is 12.9. The molecule has 302 valence electrons. The van der Waals surface area contributed by atoms with Gasteiger partial charge in [-0.2, -0.15) is 0 Å². The summed E-state index contributed by atoms with van der Waals surface area (Å²) in [5.41, 5.74) is 1.18. The minimum atomic E-state index is -0.929. The van der Waals surface area contributed by atoms with Crippen LogP contribution in [0.4, 0.5) is 14.0 Å². The lowest BCUT2D eigenvalue weighted by Crippen LogP contribution is -2.66. The maximum atomic E-state index is 15.2. The molecule has 3 aliphatic rings. The Balaban J connectivity index is 1.37. The summed E-state index contributed by atoms with van der Waals surface area (Å²) in [6, 6.07) is 6.59. The maximum absolute atomic E-state index is 15.2. The average Bonchev–Trinajstić information content (AvgIpc) is 3.84. The van der Waals surface area contributed by atoms with Gasteiger partial charge < -0.3 is 28.4 Å². The number of carbonyl (C=O) groups is 3. The summed E-state index contributed by atoms with van der Waals surface area (Å²) >= 11 is 19.3. The number of ether oxygens (including phenoxy) is 3. The fraction of sp³-hybridized carbons (Fsp3) is 0.512. The second-order valence-corrected chi connectivity index (χ2v) is 17.7. The molecular formula is C41H48Cl3FN4O7. The van der Waals surface area contributed by atoms with Crippen molar-refractivity contribution in [3.05, 3.63) is 85.8 Å². The number of hydrogen-bond donors (Lipinski definition) is 0. The van der Waals surface area contributed by atoms with Crippen molar-refractivity contribution in [3.63, 3.8) is 0 Å². The number of amides is 3. The van der Waals surface area contributed by atoms with Crippen LogP contribution >= 0.6 is 34.8 Å². The number of rotatable bonds is 10. The van der Waals surface area contributed by atoms with Crippen LogP contribution in [0.1, 0.15) is 89.9 Å². The van der Waals surface area contributed by atoms with E-state index in [9.17, 15) is 14.0 Å². The molecule has 0 spiro atoms. The molecule has 3 amide bonds. The minimum absolute atomic E-state index is 0.00353. The molecule has 2 atom stereocenters. The summed E-state index contributed by atoms with van der Waals surface area (Å²) in [6.07, 6.45) is 2.97. The zero-order chi connectivity index (χ0) is 40.7. The largest absolute Gasteiger partial charge is 0.489 e. The molecule has 1 saturated carbocycles. The van der Waals surface area contributed by atoms with Crippen LogP contribution in [0.2, 0.25) is 15.1 Å². The van der Waals surface area contributed by atoms with Crippen LogP contribution in [-0.4, -0.2) is 86.8 Å². The van der Waals surface area contributed by atoms with Crippen LogP contribution in [0.25, 0.3) is 5.57 Å². The first-order valence-electron chi connectivity index (χ1n) is 18.8. The predicted octanol–water partition coefficient (Wildman–Crippen LogP) is 9.67. The molecule has 6 rings (SSSR count). The van der Waals surface area contributed by atoms with Crippen LogP contribution in [0.3, 0.4) is 0 Å². The third kappa shape index (κ3) is 9.57. The molecule has 1 saturated heterocycles. The lowest BCUT2D eigenvalue weighted by molar-refractivity contribution is -0.129. The number of aromatic nitrogens is 1. The van der Waals surface area contributed by atoms with Gasteiger partial charge in [0.15, 0.2) is 11.6 Å². The quantitative estimate of drug-likeness (QED) is 0.186. The van der Waals surface area contributed by atoms with E-state index in [1.54, 1.807) is 81.4 Å². The number of halogens is 4. The van der Waals surface area contributed by atoms with Gasteiger partial charge in [0.25, 0.3) is 5.91 Å². The smallest absolute Gasteiger partial charge is 0.411 e. The topological polar surface area (TPSA) is 115 Å². The van der Waals surface area contributed by atoms with E-state index in [0.717, 1.165) is 12.8 Å². The molecule has 11 nitrogen and oxygen atoms in total. The van der Waals surface area contributed by atoms with E-state index in [1.165, 1.54) is 12.3 Å². The van der Waals surface area contributed by atoms with Crippen molar-refractivity contribution >= 4 is 58.5 Å². The van der Waals surface area contributed by atoms with Gasteiger partial charge >= 0.3 is 12.2 Å². The predicted molar refractivity (Wildman–Crippen MR) is 211 cm³/mol. The first-order chi connectivity index (χ1) is 26.3. The Morgan fingerprint density at radius 1 is 0.964 bits per heavy atom. The van der Waals surface area contributed by atoms with Crippen molar-refractivity contribution in [2.24, 2.45) is 0 Å². The Morgan fingerprint density at radius 2 is 1.66 bits per heavy atom. The number of hydrogen-bond acceptors (Lipinski definition) is 8. The van der Waals surface area contributed by atoms with E-state index in [4.69, 9.17) is 58.4 Å². The molecule has 3 heterocycles. The molecule has 1 aromatic heterocycles. The van der Waals surface area contributed by atoms with Gasteiger partial charge in [-0.3, -0.25) is 9.69 Å². The number of oxazole rings is 1. The van der Waals surface area contributed by atoms with E-state index in [0.29, 0.717) is 45.3 Å². The number of nitrogens with zero attached hydrogens (tertiary/aromatic N) is 4. The van der Waals surface area contributed by atoms with Gasteiger partial charge in [-0.15, -0.1) is 0 Å². The van der Waals surface area contributed by atoms with Crippen molar-refractivity contribution in [1.29, 1.82) is 0 Å². The van der Waals surface area contributed by atoms with Gasteiger partial charge in [-0.1, -0.05) is 53.0 Å². The molecule has 1 aliphatic carbocycles. The number of aryl methyl sites for hydroxylation is 2. The third-order valence-electron chi connectivity index (χ3n) is 9.63. The maximum Gasteiger partial charge on any atom is 0.411 e. The second kappa shape index (κ2) is 16.5. The van der Waals surface area contributed by atoms with Gasteiger partial charge in [0.2, 0.25) is 5.89 Å². The van der Waals surface area contributed by atoms with Crippen molar-refractivity contribution < 1.29 is 37.4 Å².